The second-order valence-electron chi connectivity index (χ2n) is 3.16. The van der Waals surface area contributed by atoms with Crippen molar-refractivity contribution in [1.29, 1.82) is 0 Å². The van der Waals surface area contributed by atoms with Crippen molar-refractivity contribution in [3.05, 3.63) is 35.9 Å². The molecule has 5 heteroatoms. The van der Waals surface area contributed by atoms with Gasteiger partial charge in [0.15, 0.2) is 0 Å². The van der Waals surface area contributed by atoms with Gasteiger partial charge >= 0.3 is 5.97 Å². The molecule has 16 heavy (non-hydrogen) atoms. The Kier molecular flexibility index (Phi) is 5.11. The number of ketones is 1. The van der Waals surface area contributed by atoms with Gasteiger partial charge in [0.2, 0.25) is 5.78 Å². The van der Waals surface area contributed by atoms with Gasteiger partial charge in [0.1, 0.15) is 0 Å². The molecular formula is C11H12ClFO3. The van der Waals surface area contributed by atoms with Crippen LogP contribution in [0.4, 0.5) is 4.39 Å². The smallest absolute Gasteiger partial charge is 0.349 e. The van der Waals surface area contributed by atoms with E-state index in [4.69, 9.17) is 5.11 Å². The van der Waals surface area contributed by atoms with Crippen molar-refractivity contribution in [3.8, 4) is 0 Å². The first kappa shape index (κ1) is 14.6. The molecule has 1 atom stereocenters. The molecule has 1 aromatic carbocycles. The molecule has 0 amide bonds. The Morgan fingerprint density at radius 1 is 1.31 bits per heavy atom. The lowest BCUT2D eigenvalue weighted by atomic mass is 9.92. The number of rotatable bonds is 4. The molecule has 0 saturated carbocycles. The quantitative estimate of drug-likeness (QED) is 0.656. The molecule has 88 valence electrons. The minimum atomic E-state index is -2.82. The number of hydrogen-bond donors (Lipinski definition) is 1. The van der Waals surface area contributed by atoms with Crippen molar-refractivity contribution in [2.24, 2.45) is 0 Å². The fraction of sp³-hybridized carbons (Fsp3) is 0.273. The Morgan fingerprint density at radius 3 is 2.19 bits per heavy atom. The summed E-state index contributed by atoms with van der Waals surface area (Å²) in [7, 11) is 0. The maximum Gasteiger partial charge on any atom is 0.349 e. The summed E-state index contributed by atoms with van der Waals surface area (Å²) in [4.78, 5) is 22.3. The van der Waals surface area contributed by atoms with Crippen molar-refractivity contribution in [1.82, 2.24) is 0 Å². The zero-order chi connectivity index (χ0) is 11.5. The van der Waals surface area contributed by atoms with Crippen LogP contribution in [0.5, 0.6) is 0 Å². The van der Waals surface area contributed by atoms with Crippen LogP contribution in [0.3, 0.4) is 0 Å². The van der Waals surface area contributed by atoms with E-state index >= 15 is 0 Å². The normalized spacial score (nSPS) is 13.4. The molecule has 0 aliphatic carbocycles. The van der Waals surface area contributed by atoms with Gasteiger partial charge in [0.05, 0.1) is 0 Å². The van der Waals surface area contributed by atoms with Crippen LogP contribution in [-0.2, 0) is 4.79 Å². The largest absolute Gasteiger partial charge is 0.479 e. The zero-order valence-corrected chi connectivity index (χ0v) is 9.46. The van der Waals surface area contributed by atoms with E-state index in [0.717, 1.165) is 0 Å². The number of alkyl halides is 1. The van der Waals surface area contributed by atoms with Crippen molar-refractivity contribution in [3.63, 3.8) is 0 Å². The molecule has 0 bridgehead atoms. The molecule has 0 saturated heterocycles. The first-order valence-electron chi connectivity index (χ1n) is 4.54. The van der Waals surface area contributed by atoms with E-state index in [1.165, 1.54) is 19.1 Å². The highest BCUT2D eigenvalue weighted by molar-refractivity contribution is 6.14. The van der Waals surface area contributed by atoms with Crippen LogP contribution in [0.25, 0.3) is 0 Å². The summed E-state index contributed by atoms with van der Waals surface area (Å²) in [6.45, 7) is 1.33. The fourth-order valence-electron chi connectivity index (χ4n) is 1.23. The highest BCUT2D eigenvalue weighted by Crippen LogP contribution is 2.22. The standard InChI is InChI=1S/C11H11FO3.ClH/c1-2-11(12,10(14)15)9(13)8-6-4-3-5-7-8;/h3-7H,2H2,1H3,(H,14,15);1H. The Balaban J connectivity index is 0.00000225. The summed E-state index contributed by atoms with van der Waals surface area (Å²) in [6.07, 6.45) is -0.379. The summed E-state index contributed by atoms with van der Waals surface area (Å²) in [5, 5.41) is 8.67. The summed E-state index contributed by atoms with van der Waals surface area (Å²) >= 11 is 0. The molecule has 0 fully saturated rings. The molecule has 0 aromatic heterocycles. The average molecular weight is 247 g/mol. The predicted octanol–water partition coefficient (Wildman–Crippen LogP) is 2.49. The van der Waals surface area contributed by atoms with E-state index in [9.17, 15) is 14.0 Å². The summed E-state index contributed by atoms with van der Waals surface area (Å²) < 4.78 is 13.8. The number of carbonyl (C=O) groups excluding carboxylic acids is 1. The summed E-state index contributed by atoms with van der Waals surface area (Å²) in [6, 6.07) is 7.59. The van der Waals surface area contributed by atoms with Crippen molar-refractivity contribution < 1.29 is 19.1 Å². The summed E-state index contributed by atoms with van der Waals surface area (Å²) in [5.74, 6) is -2.74. The first-order chi connectivity index (χ1) is 7.02. The second kappa shape index (κ2) is 5.61. The van der Waals surface area contributed by atoms with Crippen LogP contribution >= 0.6 is 12.4 Å². The van der Waals surface area contributed by atoms with Gasteiger partial charge in [-0.1, -0.05) is 37.3 Å². The van der Waals surface area contributed by atoms with Crippen molar-refractivity contribution in [2.45, 2.75) is 19.0 Å². The van der Waals surface area contributed by atoms with Gasteiger partial charge in [0, 0.05) is 5.56 Å². The van der Waals surface area contributed by atoms with Gasteiger partial charge in [-0.3, -0.25) is 4.79 Å². The van der Waals surface area contributed by atoms with Gasteiger partial charge in [-0.15, -0.1) is 12.4 Å². The lowest BCUT2D eigenvalue weighted by molar-refractivity contribution is -0.147. The summed E-state index contributed by atoms with van der Waals surface area (Å²) in [5.41, 5.74) is -2.74. The fourth-order valence-corrected chi connectivity index (χ4v) is 1.23. The molecule has 1 rings (SSSR count). The van der Waals surface area contributed by atoms with Crippen molar-refractivity contribution >= 4 is 24.2 Å². The Hall–Kier alpha value is -1.42. The highest BCUT2D eigenvalue weighted by atomic mass is 35.5. The van der Waals surface area contributed by atoms with E-state index in [0.29, 0.717) is 0 Å². The highest BCUT2D eigenvalue weighted by Gasteiger charge is 2.45. The van der Waals surface area contributed by atoms with E-state index < -0.39 is 17.4 Å². The van der Waals surface area contributed by atoms with E-state index in [-0.39, 0.29) is 24.4 Å². The predicted molar refractivity (Wildman–Crippen MR) is 59.8 cm³/mol. The average Bonchev–Trinajstić information content (AvgIpc) is 2.28. The number of carboxylic acids is 1. The molecule has 1 unspecified atom stereocenters. The van der Waals surface area contributed by atoms with Crippen LogP contribution in [-0.4, -0.2) is 22.5 Å². The number of aliphatic carboxylic acids is 1. The Bertz CT molecular complexity index is 380. The van der Waals surface area contributed by atoms with E-state index in [1.54, 1.807) is 18.2 Å². The molecule has 0 radical (unpaired) electrons. The minimum absolute atomic E-state index is 0. The topological polar surface area (TPSA) is 54.4 Å². The number of hydrogen-bond acceptors (Lipinski definition) is 2. The van der Waals surface area contributed by atoms with Crippen LogP contribution in [0, 0.1) is 0 Å². The molecule has 0 heterocycles. The molecule has 0 aliphatic heterocycles. The van der Waals surface area contributed by atoms with Crippen LogP contribution in [0.2, 0.25) is 0 Å². The number of carbonyl (C=O) groups is 2. The third-order valence-corrected chi connectivity index (χ3v) is 2.22. The Morgan fingerprint density at radius 2 is 1.81 bits per heavy atom. The molecule has 0 spiro atoms. The zero-order valence-electron chi connectivity index (χ0n) is 8.64. The molecular weight excluding hydrogens is 235 g/mol. The lowest BCUT2D eigenvalue weighted by Crippen LogP contribution is -2.41. The minimum Gasteiger partial charge on any atom is -0.479 e. The number of Topliss-reactive ketones (excluding diaryl/α,β-unsaturated/α-hetero) is 1. The first-order valence-corrected chi connectivity index (χ1v) is 4.54. The molecule has 0 aliphatic rings. The monoisotopic (exact) mass is 246 g/mol. The van der Waals surface area contributed by atoms with Gasteiger partial charge in [-0.05, 0) is 6.42 Å². The maximum atomic E-state index is 13.8. The second-order valence-corrected chi connectivity index (χ2v) is 3.16. The van der Waals surface area contributed by atoms with E-state index in [2.05, 4.69) is 0 Å². The van der Waals surface area contributed by atoms with Gasteiger partial charge < -0.3 is 5.11 Å². The Labute approximate surface area is 98.7 Å². The maximum absolute atomic E-state index is 13.8. The van der Waals surface area contributed by atoms with Crippen LogP contribution in [0.15, 0.2) is 30.3 Å². The van der Waals surface area contributed by atoms with Gasteiger partial charge in [-0.25, -0.2) is 9.18 Å². The molecule has 1 aromatic rings. The number of benzene rings is 1. The molecule has 1 N–H and O–H groups in total. The van der Waals surface area contributed by atoms with Gasteiger partial charge in [0.25, 0.3) is 5.67 Å². The third-order valence-electron chi connectivity index (χ3n) is 2.22. The van der Waals surface area contributed by atoms with Crippen LogP contribution < -0.4 is 0 Å². The third kappa shape index (κ3) is 2.58. The van der Waals surface area contributed by atoms with Crippen molar-refractivity contribution in [2.75, 3.05) is 0 Å². The van der Waals surface area contributed by atoms with E-state index in [1.807, 2.05) is 0 Å². The SMILES string of the molecule is CCC(F)(C(=O)O)C(=O)c1ccccc1.Cl. The molecule has 3 nitrogen and oxygen atoms in total. The van der Waals surface area contributed by atoms with Crippen LogP contribution in [0.1, 0.15) is 23.7 Å². The number of carboxylic acid groups (broad SMARTS) is 1. The number of halogens is 2. The van der Waals surface area contributed by atoms with Gasteiger partial charge in [-0.2, -0.15) is 0 Å². The lowest BCUT2D eigenvalue weighted by Gasteiger charge is -2.16.